The molecule has 0 aromatic heterocycles. The average molecular weight is 311 g/mol. The molecule has 6 nitrogen and oxygen atoms in total. The third kappa shape index (κ3) is 4.80. The second-order valence-electron chi connectivity index (χ2n) is 5.43. The van der Waals surface area contributed by atoms with Gasteiger partial charge in [-0.3, -0.25) is 4.79 Å². The van der Waals surface area contributed by atoms with Crippen LogP contribution in [0.4, 0.5) is 0 Å². The van der Waals surface area contributed by atoms with Crippen molar-refractivity contribution in [2.24, 2.45) is 5.92 Å². The van der Waals surface area contributed by atoms with Crippen molar-refractivity contribution in [1.29, 1.82) is 0 Å². The summed E-state index contributed by atoms with van der Waals surface area (Å²) < 4.78 is 15.8. The van der Waals surface area contributed by atoms with Crippen molar-refractivity contribution in [1.82, 2.24) is 5.32 Å². The zero-order valence-electron chi connectivity index (χ0n) is 13.8. The molecule has 0 aliphatic heterocycles. The Balaban J connectivity index is 2.90. The lowest BCUT2D eigenvalue weighted by atomic mass is 10.0. The summed E-state index contributed by atoms with van der Waals surface area (Å²) in [4.78, 5) is 11.3. The molecule has 1 aromatic carbocycles. The summed E-state index contributed by atoms with van der Waals surface area (Å²) >= 11 is 0. The van der Waals surface area contributed by atoms with Gasteiger partial charge in [0.25, 0.3) is 0 Å². The highest BCUT2D eigenvalue weighted by Crippen LogP contribution is 2.38. The molecule has 0 unspecified atom stereocenters. The maximum atomic E-state index is 11.3. The minimum Gasteiger partial charge on any atom is -0.493 e. The Morgan fingerprint density at radius 3 is 2.05 bits per heavy atom. The van der Waals surface area contributed by atoms with Gasteiger partial charge in [0.2, 0.25) is 5.75 Å². The van der Waals surface area contributed by atoms with Crippen molar-refractivity contribution in [3.63, 3.8) is 0 Å². The zero-order valence-corrected chi connectivity index (χ0v) is 13.8. The molecule has 0 spiro atoms. The van der Waals surface area contributed by atoms with Crippen LogP contribution in [0.15, 0.2) is 12.1 Å². The molecule has 124 valence electrons. The van der Waals surface area contributed by atoms with Gasteiger partial charge in [0, 0.05) is 6.54 Å². The molecule has 0 saturated heterocycles. The first kappa shape index (κ1) is 18.1. The van der Waals surface area contributed by atoms with Crippen LogP contribution in [0.25, 0.3) is 0 Å². The maximum absolute atomic E-state index is 11.3. The molecule has 0 bridgehead atoms. The minimum absolute atomic E-state index is 0.300. The van der Waals surface area contributed by atoms with Gasteiger partial charge in [-0.2, -0.15) is 0 Å². The normalized spacial score (nSPS) is 12.1. The van der Waals surface area contributed by atoms with Gasteiger partial charge in [0.1, 0.15) is 6.04 Å². The molecule has 0 aliphatic carbocycles. The van der Waals surface area contributed by atoms with Crippen LogP contribution in [-0.2, 0) is 11.3 Å². The largest absolute Gasteiger partial charge is 0.493 e. The Bertz CT molecular complexity index is 476. The Labute approximate surface area is 131 Å². The molecule has 6 heteroatoms. The third-order valence-electron chi connectivity index (χ3n) is 3.28. The van der Waals surface area contributed by atoms with E-state index in [4.69, 9.17) is 14.2 Å². The summed E-state index contributed by atoms with van der Waals surface area (Å²) in [5.41, 5.74) is 0.865. The van der Waals surface area contributed by atoms with E-state index in [1.807, 2.05) is 26.0 Å². The number of hydrogen-bond acceptors (Lipinski definition) is 5. The van der Waals surface area contributed by atoms with E-state index in [0.29, 0.717) is 36.1 Å². The number of aliphatic carboxylic acids is 1. The van der Waals surface area contributed by atoms with E-state index in [-0.39, 0.29) is 0 Å². The topological polar surface area (TPSA) is 77.0 Å². The first-order chi connectivity index (χ1) is 10.4. The van der Waals surface area contributed by atoms with Crippen molar-refractivity contribution in [3.8, 4) is 17.2 Å². The second kappa shape index (κ2) is 8.48. The summed E-state index contributed by atoms with van der Waals surface area (Å²) in [6.07, 6.45) is 0.569. The van der Waals surface area contributed by atoms with Crippen molar-refractivity contribution < 1.29 is 24.1 Å². The molecule has 0 radical (unpaired) electrons. The van der Waals surface area contributed by atoms with E-state index in [1.165, 1.54) is 0 Å². The molecule has 1 atom stereocenters. The smallest absolute Gasteiger partial charge is 0.320 e. The van der Waals surface area contributed by atoms with Gasteiger partial charge in [-0.25, -0.2) is 0 Å². The van der Waals surface area contributed by atoms with Gasteiger partial charge >= 0.3 is 5.97 Å². The molecule has 2 N–H and O–H groups in total. The number of rotatable bonds is 9. The highest BCUT2D eigenvalue weighted by Gasteiger charge is 2.19. The number of carboxylic acids is 1. The quantitative estimate of drug-likeness (QED) is 0.729. The van der Waals surface area contributed by atoms with Crippen molar-refractivity contribution in [2.45, 2.75) is 32.9 Å². The average Bonchev–Trinajstić information content (AvgIpc) is 2.49. The molecule has 0 heterocycles. The second-order valence-corrected chi connectivity index (χ2v) is 5.43. The van der Waals surface area contributed by atoms with Crippen LogP contribution >= 0.6 is 0 Å². The number of carboxylic acid groups (broad SMARTS) is 1. The number of ether oxygens (including phenoxy) is 3. The Hall–Kier alpha value is -1.95. The van der Waals surface area contributed by atoms with Crippen LogP contribution < -0.4 is 19.5 Å². The van der Waals surface area contributed by atoms with Crippen LogP contribution in [-0.4, -0.2) is 38.4 Å². The lowest BCUT2D eigenvalue weighted by Crippen LogP contribution is -2.37. The Kier molecular flexibility index (Phi) is 6.98. The van der Waals surface area contributed by atoms with E-state index in [0.717, 1.165) is 5.56 Å². The fourth-order valence-electron chi connectivity index (χ4n) is 2.22. The Morgan fingerprint density at radius 2 is 1.68 bits per heavy atom. The number of methoxy groups -OCH3 is 3. The van der Waals surface area contributed by atoms with Crippen molar-refractivity contribution in [3.05, 3.63) is 17.7 Å². The van der Waals surface area contributed by atoms with Crippen LogP contribution in [0.1, 0.15) is 25.8 Å². The first-order valence-electron chi connectivity index (χ1n) is 7.18. The monoisotopic (exact) mass is 311 g/mol. The molecule has 0 fully saturated rings. The van der Waals surface area contributed by atoms with E-state index in [2.05, 4.69) is 5.32 Å². The van der Waals surface area contributed by atoms with E-state index >= 15 is 0 Å². The fraction of sp³-hybridized carbons (Fsp3) is 0.562. The molecule has 22 heavy (non-hydrogen) atoms. The van der Waals surface area contributed by atoms with Gasteiger partial charge in [-0.05, 0) is 30.0 Å². The molecular formula is C16H25NO5. The molecular weight excluding hydrogens is 286 g/mol. The number of carbonyl (C=O) groups is 1. The van der Waals surface area contributed by atoms with E-state index in [9.17, 15) is 9.90 Å². The summed E-state index contributed by atoms with van der Waals surface area (Å²) in [5.74, 6) is 1.07. The van der Waals surface area contributed by atoms with Crippen LogP contribution in [0.3, 0.4) is 0 Å². The predicted octanol–water partition coefficient (Wildman–Crippen LogP) is 2.30. The molecule has 0 saturated carbocycles. The van der Waals surface area contributed by atoms with Gasteiger partial charge < -0.3 is 24.6 Å². The van der Waals surface area contributed by atoms with Crippen LogP contribution in [0, 0.1) is 5.92 Å². The van der Waals surface area contributed by atoms with Crippen molar-refractivity contribution >= 4 is 5.97 Å². The summed E-state index contributed by atoms with van der Waals surface area (Å²) in [6, 6.07) is 3.03. The lowest BCUT2D eigenvalue weighted by molar-refractivity contribution is -0.140. The van der Waals surface area contributed by atoms with Crippen LogP contribution in [0.5, 0.6) is 17.2 Å². The van der Waals surface area contributed by atoms with Crippen molar-refractivity contribution in [2.75, 3.05) is 21.3 Å². The SMILES string of the molecule is COc1cc(CN[C@@H](CC(C)C)C(=O)O)cc(OC)c1OC. The van der Waals surface area contributed by atoms with Gasteiger partial charge in [-0.15, -0.1) is 0 Å². The number of benzene rings is 1. The first-order valence-corrected chi connectivity index (χ1v) is 7.18. The van der Waals surface area contributed by atoms with Crippen LogP contribution in [0.2, 0.25) is 0 Å². The summed E-state index contributed by atoms with van der Waals surface area (Å²) in [6.45, 7) is 4.40. The maximum Gasteiger partial charge on any atom is 0.320 e. The summed E-state index contributed by atoms with van der Waals surface area (Å²) in [5, 5.41) is 12.3. The van der Waals surface area contributed by atoms with E-state index in [1.54, 1.807) is 21.3 Å². The zero-order chi connectivity index (χ0) is 16.7. The fourth-order valence-corrected chi connectivity index (χ4v) is 2.22. The number of hydrogen-bond donors (Lipinski definition) is 2. The predicted molar refractivity (Wildman–Crippen MR) is 83.8 cm³/mol. The number of nitrogens with one attached hydrogen (secondary N) is 1. The molecule has 1 aromatic rings. The lowest BCUT2D eigenvalue weighted by Gasteiger charge is -2.18. The summed E-state index contributed by atoms with van der Waals surface area (Å²) in [7, 11) is 4.64. The Morgan fingerprint density at radius 1 is 1.14 bits per heavy atom. The highest BCUT2D eigenvalue weighted by atomic mass is 16.5. The van der Waals surface area contributed by atoms with Gasteiger partial charge in [0.05, 0.1) is 21.3 Å². The van der Waals surface area contributed by atoms with Gasteiger partial charge in [0.15, 0.2) is 11.5 Å². The highest BCUT2D eigenvalue weighted by molar-refractivity contribution is 5.73. The molecule has 0 amide bonds. The standard InChI is InChI=1S/C16H25NO5/c1-10(2)6-12(16(18)19)17-9-11-7-13(20-3)15(22-5)14(8-11)21-4/h7-8,10,12,17H,6,9H2,1-5H3,(H,18,19)/t12-/m0/s1. The molecule has 1 rings (SSSR count). The van der Waals surface area contributed by atoms with Gasteiger partial charge in [-0.1, -0.05) is 13.8 Å². The van der Waals surface area contributed by atoms with E-state index < -0.39 is 12.0 Å². The molecule has 0 aliphatic rings. The minimum atomic E-state index is -0.846. The third-order valence-corrected chi connectivity index (χ3v) is 3.28.